The average Bonchev–Trinajstić information content (AvgIpc) is 2.73. The van der Waals surface area contributed by atoms with Gasteiger partial charge < -0.3 is 4.57 Å². The molecular formula is C11H12N4O3S. The number of rotatable bonds is 0. The summed E-state index contributed by atoms with van der Waals surface area (Å²) in [4.78, 5) is 39.7. The molecule has 1 amide bonds. The van der Waals surface area contributed by atoms with Crippen LogP contribution in [0.15, 0.2) is 14.6 Å². The molecule has 0 spiro atoms. The van der Waals surface area contributed by atoms with E-state index < -0.39 is 0 Å². The van der Waals surface area contributed by atoms with Crippen LogP contribution in [0.3, 0.4) is 0 Å². The Balaban J connectivity index is 2.60. The fourth-order valence-corrected chi connectivity index (χ4v) is 3.51. The van der Waals surface area contributed by atoms with Gasteiger partial charge in [-0.3, -0.25) is 18.7 Å². The SMILES string of the molecule is CC(=O)N=c1sc2c(=O)n(C)c(=O)n3c2n1CCC3. The van der Waals surface area contributed by atoms with Crippen LogP contribution in [0.1, 0.15) is 13.3 Å². The number of thiazole rings is 1. The van der Waals surface area contributed by atoms with Gasteiger partial charge >= 0.3 is 5.69 Å². The van der Waals surface area contributed by atoms with Crippen LogP contribution in [0.2, 0.25) is 0 Å². The summed E-state index contributed by atoms with van der Waals surface area (Å²) in [5.74, 6) is -0.313. The maximum atomic E-state index is 12.1. The van der Waals surface area contributed by atoms with Gasteiger partial charge in [-0.15, -0.1) is 0 Å². The predicted octanol–water partition coefficient (Wildman–Crippen LogP) is -0.586. The number of hydrogen-bond donors (Lipinski definition) is 0. The quantitative estimate of drug-likeness (QED) is 0.647. The van der Waals surface area contributed by atoms with Crippen molar-refractivity contribution in [2.75, 3.05) is 0 Å². The van der Waals surface area contributed by atoms with Gasteiger partial charge in [0.25, 0.3) is 5.56 Å². The monoisotopic (exact) mass is 280 g/mol. The van der Waals surface area contributed by atoms with E-state index in [0.29, 0.717) is 28.2 Å². The van der Waals surface area contributed by atoms with Gasteiger partial charge in [0.1, 0.15) is 10.3 Å². The molecule has 8 heteroatoms. The summed E-state index contributed by atoms with van der Waals surface area (Å²) in [6.45, 7) is 2.62. The molecule has 0 saturated heterocycles. The molecule has 0 aliphatic carbocycles. The van der Waals surface area contributed by atoms with Gasteiger partial charge in [-0.2, -0.15) is 4.99 Å². The maximum Gasteiger partial charge on any atom is 0.332 e. The summed E-state index contributed by atoms with van der Waals surface area (Å²) in [6.07, 6.45) is 0.780. The minimum absolute atomic E-state index is 0.313. The van der Waals surface area contributed by atoms with Crippen LogP contribution in [0.25, 0.3) is 10.3 Å². The molecule has 2 aromatic rings. The van der Waals surface area contributed by atoms with E-state index >= 15 is 0 Å². The highest BCUT2D eigenvalue weighted by Gasteiger charge is 2.20. The van der Waals surface area contributed by atoms with Crippen molar-refractivity contribution in [2.45, 2.75) is 26.4 Å². The number of aromatic nitrogens is 3. The molecule has 1 aliphatic rings. The second-order valence-corrected chi connectivity index (χ2v) is 5.45. The number of hydrogen-bond acceptors (Lipinski definition) is 4. The van der Waals surface area contributed by atoms with Crippen LogP contribution in [-0.2, 0) is 24.9 Å². The Morgan fingerprint density at radius 2 is 1.95 bits per heavy atom. The Bertz CT molecular complexity index is 880. The number of amides is 1. The van der Waals surface area contributed by atoms with Gasteiger partial charge in [-0.25, -0.2) is 4.79 Å². The molecule has 100 valence electrons. The summed E-state index contributed by atoms with van der Waals surface area (Å²) in [7, 11) is 1.47. The first-order valence-corrected chi connectivity index (χ1v) is 6.71. The van der Waals surface area contributed by atoms with Gasteiger partial charge in [0.15, 0.2) is 4.80 Å². The second kappa shape index (κ2) is 4.02. The summed E-state index contributed by atoms with van der Waals surface area (Å²) in [6, 6.07) is 0. The normalized spacial score (nSPS) is 15.2. The Labute approximate surface area is 111 Å². The summed E-state index contributed by atoms with van der Waals surface area (Å²) < 4.78 is 4.94. The summed E-state index contributed by atoms with van der Waals surface area (Å²) >= 11 is 1.16. The van der Waals surface area contributed by atoms with Crippen molar-refractivity contribution in [1.29, 1.82) is 0 Å². The third kappa shape index (κ3) is 1.63. The van der Waals surface area contributed by atoms with Gasteiger partial charge in [-0.05, 0) is 6.42 Å². The van der Waals surface area contributed by atoms with Crippen LogP contribution in [-0.4, -0.2) is 19.6 Å². The molecular weight excluding hydrogens is 268 g/mol. The Hall–Kier alpha value is -1.96. The first-order valence-electron chi connectivity index (χ1n) is 5.89. The minimum Gasteiger partial charge on any atom is -0.302 e. The van der Waals surface area contributed by atoms with Crippen LogP contribution in [0, 0.1) is 0 Å². The lowest BCUT2D eigenvalue weighted by Gasteiger charge is -2.17. The van der Waals surface area contributed by atoms with E-state index in [0.717, 1.165) is 22.3 Å². The van der Waals surface area contributed by atoms with Crippen LogP contribution in [0.4, 0.5) is 0 Å². The molecule has 0 radical (unpaired) electrons. The molecule has 1 aliphatic heterocycles. The fraction of sp³-hybridized carbons (Fsp3) is 0.455. The van der Waals surface area contributed by atoms with E-state index in [1.807, 2.05) is 0 Å². The second-order valence-electron chi connectivity index (χ2n) is 4.47. The highest BCUT2D eigenvalue weighted by atomic mass is 32.1. The van der Waals surface area contributed by atoms with Crippen molar-refractivity contribution >= 4 is 27.6 Å². The van der Waals surface area contributed by atoms with Crippen molar-refractivity contribution in [2.24, 2.45) is 12.0 Å². The molecule has 3 heterocycles. The molecule has 0 N–H and O–H groups in total. The van der Waals surface area contributed by atoms with Crippen molar-refractivity contribution in [3.05, 3.63) is 25.6 Å². The Kier molecular flexibility index (Phi) is 2.56. The third-order valence-electron chi connectivity index (χ3n) is 3.17. The molecule has 3 rings (SSSR count). The highest BCUT2D eigenvalue weighted by molar-refractivity contribution is 7.16. The number of nitrogens with zero attached hydrogens (tertiary/aromatic N) is 4. The predicted molar refractivity (Wildman–Crippen MR) is 70.2 cm³/mol. The van der Waals surface area contributed by atoms with E-state index in [1.54, 1.807) is 9.13 Å². The van der Waals surface area contributed by atoms with Crippen molar-refractivity contribution in [3.63, 3.8) is 0 Å². The lowest BCUT2D eigenvalue weighted by Crippen LogP contribution is -2.40. The molecule has 0 atom stereocenters. The van der Waals surface area contributed by atoms with Crippen LogP contribution in [0.5, 0.6) is 0 Å². The summed E-state index contributed by atoms with van der Waals surface area (Å²) in [5.41, 5.74) is -0.0654. The van der Waals surface area contributed by atoms with E-state index in [4.69, 9.17) is 0 Å². The molecule has 0 unspecified atom stereocenters. The Morgan fingerprint density at radius 3 is 2.63 bits per heavy atom. The van der Waals surface area contributed by atoms with Gasteiger partial charge in [-0.1, -0.05) is 11.3 Å². The average molecular weight is 280 g/mol. The fourth-order valence-electron chi connectivity index (χ4n) is 2.33. The van der Waals surface area contributed by atoms with Crippen molar-refractivity contribution in [1.82, 2.24) is 13.7 Å². The first-order chi connectivity index (χ1) is 9.00. The number of aryl methyl sites for hydroxylation is 2. The van der Waals surface area contributed by atoms with Crippen molar-refractivity contribution in [3.8, 4) is 0 Å². The zero-order valence-corrected chi connectivity index (χ0v) is 11.4. The first kappa shape index (κ1) is 12.1. The smallest absolute Gasteiger partial charge is 0.302 e. The lowest BCUT2D eigenvalue weighted by molar-refractivity contribution is -0.116. The topological polar surface area (TPSA) is 78.4 Å². The van der Waals surface area contributed by atoms with Crippen LogP contribution < -0.4 is 16.1 Å². The standard InChI is InChI=1S/C11H12N4O3S/c1-6(16)12-10-14-4-3-5-15-8(14)7(19-10)9(17)13(2)11(15)18/h3-5H2,1-2H3. The molecule has 0 saturated carbocycles. The maximum absolute atomic E-state index is 12.1. The molecule has 2 aromatic heterocycles. The number of carbonyl (C=O) groups is 1. The Morgan fingerprint density at radius 1 is 1.26 bits per heavy atom. The van der Waals surface area contributed by atoms with E-state index in [2.05, 4.69) is 4.99 Å². The van der Waals surface area contributed by atoms with E-state index in [1.165, 1.54) is 14.0 Å². The zero-order valence-electron chi connectivity index (χ0n) is 10.5. The van der Waals surface area contributed by atoms with Crippen LogP contribution >= 0.6 is 11.3 Å². The lowest BCUT2D eigenvalue weighted by atomic mass is 10.3. The zero-order chi connectivity index (χ0) is 13.7. The largest absolute Gasteiger partial charge is 0.332 e. The summed E-state index contributed by atoms with van der Waals surface area (Å²) in [5, 5.41) is 0. The van der Waals surface area contributed by atoms with Gasteiger partial charge in [0.05, 0.1) is 0 Å². The molecule has 7 nitrogen and oxygen atoms in total. The van der Waals surface area contributed by atoms with E-state index in [9.17, 15) is 14.4 Å². The van der Waals surface area contributed by atoms with Crippen molar-refractivity contribution < 1.29 is 4.79 Å². The number of carbonyl (C=O) groups excluding carboxylic acids is 1. The molecule has 19 heavy (non-hydrogen) atoms. The molecule has 0 aromatic carbocycles. The van der Waals surface area contributed by atoms with E-state index in [-0.39, 0.29) is 17.2 Å². The molecule has 0 fully saturated rings. The van der Waals surface area contributed by atoms with Gasteiger partial charge in [0.2, 0.25) is 5.91 Å². The minimum atomic E-state index is -0.332. The molecule has 0 bridgehead atoms. The van der Waals surface area contributed by atoms with Gasteiger partial charge in [0, 0.05) is 27.1 Å². The highest BCUT2D eigenvalue weighted by Crippen LogP contribution is 2.16. The third-order valence-corrected chi connectivity index (χ3v) is 4.23.